The molecule has 0 unspecified atom stereocenters. The molecule has 6 nitrogen and oxygen atoms in total. The third-order valence-electron chi connectivity index (χ3n) is 3.34. The van der Waals surface area contributed by atoms with Crippen molar-refractivity contribution >= 4 is 23.4 Å². The number of benzene rings is 1. The van der Waals surface area contributed by atoms with Gasteiger partial charge in [-0.25, -0.2) is 4.68 Å². The number of nitrogens with one attached hydrogen (secondary N) is 1. The molecule has 2 rings (SSSR count). The number of anilines is 1. The highest BCUT2D eigenvalue weighted by Crippen LogP contribution is 2.23. The van der Waals surface area contributed by atoms with Crippen molar-refractivity contribution < 1.29 is 4.79 Å². The van der Waals surface area contributed by atoms with Crippen molar-refractivity contribution in [1.82, 2.24) is 14.9 Å². The number of carbonyl (C=O) groups excluding carboxylic acids is 1. The lowest BCUT2D eigenvalue weighted by molar-refractivity contribution is -0.115. The number of hydrogen-bond donors (Lipinski definition) is 2. The summed E-state index contributed by atoms with van der Waals surface area (Å²) in [7, 11) is 0. The number of amides is 1. The molecule has 3 N–H and O–H groups in total. The Morgan fingerprint density at radius 2 is 2.14 bits per heavy atom. The van der Waals surface area contributed by atoms with Crippen LogP contribution in [0.25, 0.3) is 0 Å². The van der Waals surface area contributed by atoms with Crippen molar-refractivity contribution in [3.05, 3.63) is 35.2 Å². The molecule has 0 aliphatic rings. The summed E-state index contributed by atoms with van der Waals surface area (Å²) in [5, 5.41) is 11.2. The summed E-state index contributed by atoms with van der Waals surface area (Å²) in [4.78, 5) is 12.3. The van der Waals surface area contributed by atoms with E-state index in [9.17, 15) is 4.79 Å². The van der Waals surface area contributed by atoms with E-state index in [1.165, 1.54) is 22.0 Å². The van der Waals surface area contributed by atoms with E-state index in [4.69, 9.17) is 5.84 Å². The maximum atomic E-state index is 12.3. The molecule has 1 atom stereocenters. The third-order valence-corrected chi connectivity index (χ3v) is 4.40. The van der Waals surface area contributed by atoms with Crippen molar-refractivity contribution in [2.45, 2.75) is 44.5 Å². The molecule has 1 aromatic heterocycles. The number of rotatable bonds is 5. The number of thioether (sulfide) groups is 1. The highest BCUT2D eigenvalue weighted by atomic mass is 32.2. The largest absolute Gasteiger partial charge is 0.336 e. The number of aryl methyl sites for hydroxylation is 3. The van der Waals surface area contributed by atoms with Crippen LogP contribution in [0.4, 0.5) is 5.69 Å². The number of hydrogen-bond acceptors (Lipinski definition) is 5. The zero-order chi connectivity index (χ0) is 16.3. The fraction of sp³-hybridized carbons (Fsp3) is 0.400. The molecule has 1 aromatic carbocycles. The average molecular weight is 319 g/mol. The Morgan fingerprint density at radius 1 is 1.41 bits per heavy atom. The van der Waals surface area contributed by atoms with Crippen LogP contribution < -0.4 is 11.2 Å². The highest BCUT2D eigenvalue weighted by Gasteiger charge is 2.19. The van der Waals surface area contributed by atoms with E-state index in [2.05, 4.69) is 15.5 Å². The van der Waals surface area contributed by atoms with Crippen LogP contribution in [0.3, 0.4) is 0 Å². The molecule has 0 aliphatic heterocycles. The zero-order valence-electron chi connectivity index (χ0n) is 13.3. The second-order valence-corrected chi connectivity index (χ2v) is 6.50. The molecule has 0 bridgehead atoms. The number of nitrogens with two attached hydrogens (primary N) is 1. The van der Waals surface area contributed by atoms with E-state index in [1.807, 2.05) is 45.9 Å². The molecular weight excluding hydrogens is 298 g/mol. The Hall–Kier alpha value is -2.02. The summed E-state index contributed by atoms with van der Waals surface area (Å²) in [6.45, 7) is 7.78. The number of nitrogen functional groups attached to an aromatic ring is 1. The summed E-state index contributed by atoms with van der Waals surface area (Å²) in [5.74, 6) is 6.51. The van der Waals surface area contributed by atoms with E-state index in [0.29, 0.717) is 17.4 Å². The summed E-state index contributed by atoms with van der Waals surface area (Å²) < 4.78 is 1.44. The molecule has 0 fully saturated rings. The maximum absolute atomic E-state index is 12.3. The number of aromatic nitrogens is 3. The fourth-order valence-corrected chi connectivity index (χ4v) is 2.82. The van der Waals surface area contributed by atoms with Gasteiger partial charge in [0.05, 0.1) is 5.25 Å². The summed E-state index contributed by atoms with van der Waals surface area (Å²) in [6, 6.07) is 5.93. The Bertz CT molecular complexity index is 683. The Balaban J connectivity index is 2.04. The van der Waals surface area contributed by atoms with Crippen molar-refractivity contribution in [3.63, 3.8) is 0 Å². The van der Waals surface area contributed by atoms with Crippen LogP contribution in [-0.2, 0) is 11.2 Å². The van der Waals surface area contributed by atoms with Crippen LogP contribution in [0.5, 0.6) is 0 Å². The van der Waals surface area contributed by atoms with Gasteiger partial charge in [-0.3, -0.25) is 4.79 Å². The van der Waals surface area contributed by atoms with Gasteiger partial charge in [-0.2, -0.15) is 0 Å². The van der Waals surface area contributed by atoms with E-state index in [0.717, 1.165) is 11.3 Å². The molecule has 22 heavy (non-hydrogen) atoms. The molecule has 1 amide bonds. The predicted molar refractivity (Wildman–Crippen MR) is 89.4 cm³/mol. The van der Waals surface area contributed by atoms with E-state index < -0.39 is 0 Å². The van der Waals surface area contributed by atoms with Crippen molar-refractivity contribution in [1.29, 1.82) is 0 Å². The van der Waals surface area contributed by atoms with E-state index in [-0.39, 0.29) is 11.2 Å². The highest BCUT2D eigenvalue weighted by molar-refractivity contribution is 8.00. The smallest absolute Gasteiger partial charge is 0.237 e. The van der Waals surface area contributed by atoms with E-state index >= 15 is 0 Å². The van der Waals surface area contributed by atoms with Gasteiger partial charge in [0.1, 0.15) is 0 Å². The molecule has 2 aromatic rings. The standard InChI is InChI=1S/C15H21N5OS/c1-5-13-18-19-15(20(13)16)22-11(4)14(21)17-12-7-6-9(2)8-10(12)3/h6-8,11H,5,16H2,1-4H3,(H,17,21)/t11-/m0/s1. The van der Waals surface area contributed by atoms with Gasteiger partial charge < -0.3 is 11.2 Å². The van der Waals surface area contributed by atoms with Gasteiger partial charge in [0.2, 0.25) is 11.1 Å². The normalized spacial score (nSPS) is 12.2. The van der Waals surface area contributed by atoms with Gasteiger partial charge in [-0.05, 0) is 32.4 Å². The lowest BCUT2D eigenvalue weighted by atomic mass is 10.1. The summed E-state index contributed by atoms with van der Waals surface area (Å²) >= 11 is 1.30. The van der Waals surface area contributed by atoms with Crippen LogP contribution in [0.15, 0.2) is 23.4 Å². The predicted octanol–water partition coefficient (Wildman–Crippen LogP) is 2.29. The molecule has 0 saturated heterocycles. The molecule has 1 heterocycles. The Morgan fingerprint density at radius 3 is 2.73 bits per heavy atom. The molecule has 7 heteroatoms. The lowest BCUT2D eigenvalue weighted by Crippen LogP contribution is -2.24. The van der Waals surface area contributed by atoms with Crippen molar-refractivity contribution in [2.24, 2.45) is 0 Å². The van der Waals surface area contributed by atoms with Gasteiger partial charge in [0.15, 0.2) is 5.82 Å². The van der Waals surface area contributed by atoms with Gasteiger partial charge in [0, 0.05) is 12.1 Å². The average Bonchev–Trinajstić information content (AvgIpc) is 2.82. The second-order valence-electron chi connectivity index (χ2n) is 5.19. The van der Waals surface area contributed by atoms with Gasteiger partial charge in [0.25, 0.3) is 0 Å². The Labute approximate surface area is 134 Å². The molecule has 0 saturated carbocycles. The van der Waals surface area contributed by atoms with Gasteiger partial charge >= 0.3 is 0 Å². The first-order chi connectivity index (χ1) is 10.4. The van der Waals surface area contributed by atoms with Crippen LogP contribution >= 0.6 is 11.8 Å². The van der Waals surface area contributed by atoms with E-state index in [1.54, 1.807) is 0 Å². The van der Waals surface area contributed by atoms with Crippen LogP contribution in [-0.4, -0.2) is 26.0 Å². The van der Waals surface area contributed by atoms with Crippen LogP contribution in [0.1, 0.15) is 30.8 Å². The minimum Gasteiger partial charge on any atom is -0.336 e. The van der Waals surface area contributed by atoms with Gasteiger partial charge in [-0.15, -0.1) is 10.2 Å². The zero-order valence-corrected chi connectivity index (χ0v) is 14.1. The summed E-state index contributed by atoms with van der Waals surface area (Å²) in [5.41, 5.74) is 3.04. The van der Waals surface area contributed by atoms with Gasteiger partial charge in [-0.1, -0.05) is 36.4 Å². The van der Waals surface area contributed by atoms with Crippen molar-refractivity contribution in [2.75, 3.05) is 11.2 Å². The lowest BCUT2D eigenvalue weighted by Gasteiger charge is -2.13. The first-order valence-corrected chi connectivity index (χ1v) is 8.04. The molecule has 0 spiro atoms. The molecule has 0 radical (unpaired) electrons. The van der Waals surface area contributed by atoms with Crippen molar-refractivity contribution in [3.8, 4) is 0 Å². The number of nitrogens with zero attached hydrogens (tertiary/aromatic N) is 3. The first kappa shape index (κ1) is 16.4. The molecular formula is C15H21N5OS. The monoisotopic (exact) mass is 319 g/mol. The molecule has 0 aliphatic carbocycles. The minimum atomic E-state index is -0.322. The van der Waals surface area contributed by atoms with Crippen LogP contribution in [0, 0.1) is 13.8 Å². The first-order valence-electron chi connectivity index (χ1n) is 7.16. The topological polar surface area (TPSA) is 85.8 Å². The summed E-state index contributed by atoms with van der Waals surface area (Å²) in [6.07, 6.45) is 0.702. The van der Waals surface area contributed by atoms with Crippen LogP contribution in [0.2, 0.25) is 0 Å². The fourth-order valence-electron chi connectivity index (χ4n) is 2.03. The minimum absolute atomic E-state index is 0.0852. The number of carbonyl (C=O) groups is 1. The third kappa shape index (κ3) is 3.59. The second kappa shape index (κ2) is 6.83. The SMILES string of the molecule is CCc1nnc(S[C@@H](C)C(=O)Nc2ccc(C)cc2C)n1N. The molecule has 118 valence electrons. The quantitative estimate of drug-likeness (QED) is 0.652. The maximum Gasteiger partial charge on any atom is 0.237 e. The Kier molecular flexibility index (Phi) is 5.07.